The first-order chi connectivity index (χ1) is 16.9. The Morgan fingerprint density at radius 2 is 1.80 bits per heavy atom. The number of thiocarbonyl (C=S) groups is 1. The second-order valence-electron chi connectivity index (χ2n) is 7.79. The molecule has 0 bridgehead atoms. The number of carbonyl (C=O) groups is 1. The molecule has 2 aromatic heterocycles. The molecule has 174 valence electrons. The van der Waals surface area contributed by atoms with E-state index in [1.165, 1.54) is 32.8 Å². The van der Waals surface area contributed by atoms with Crippen LogP contribution in [0.5, 0.6) is 0 Å². The number of carbonyl (C=O) groups excluding carboxylic acids is 1. The molecule has 5 nitrogen and oxygen atoms in total. The summed E-state index contributed by atoms with van der Waals surface area (Å²) in [5.74, 6) is -0.260. The van der Waals surface area contributed by atoms with E-state index < -0.39 is 0 Å². The highest BCUT2D eigenvalue weighted by atomic mass is 35.5. The van der Waals surface area contributed by atoms with E-state index in [2.05, 4.69) is 0 Å². The van der Waals surface area contributed by atoms with E-state index in [4.69, 9.17) is 28.8 Å². The topological polar surface area (TPSA) is 54.7 Å². The van der Waals surface area contributed by atoms with Gasteiger partial charge in [-0.05, 0) is 48.4 Å². The Labute approximate surface area is 220 Å². The maximum Gasteiger partial charge on any atom is 0.266 e. The summed E-state index contributed by atoms with van der Waals surface area (Å²) in [6, 6.07) is 20.8. The lowest BCUT2D eigenvalue weighted by molar-refractivity contribution is -0.122. The van der Waals surface area contributed by atoms with Crippen molar-refractivity contribution in [3.8, 4) is 0 Å². The number of aryl methyl sites for hydroxylation is 1. The number of fused-ring (bicyclic) bond motifs is 1. The van der Waals surface area contributed by atoms with Crippen molar-refractivity contribution in [1.29, 1.82) is 0 Å². The van der Waals surface area contributed by atoms with Gasteiger partial charge < -0.3 is 0 Å². The quantitative estimate of drug-likeness (QED) is 0.172. The van der Waals surface area contributed by atoms with E-state index >= 15 is 0 Å². The van der Waals surface area contributed by atoms with E-state index in [1.54, 1.807) is 18.3 Å². The van der Waals surface area contributed by atoms with Crippen LogP contribution in [0.4, 0.5) is 0 Å². The maximum absolute atomic E-state index is 13.6. The van der Waals surface area contributed by atoms with Gasteiger partial charge in [0.15, 0.2) is 0 Å². The van der Waals surface area contributed by atoms with Gasteiger partial charge in [-0.1, -0.05) is 89.8 Å². The summed E-state index contributed by atoms with van der Waals surface area (Å²) < 4.78 is 1.93. The Kier molecular flexibility index (Phi) is 6.80. The number of aromatic nitrogens is 2. The molecule has 0 atom stereocenters. The Bertz CT molecular complexity index is 1570. The van der Waals surface area contributed by atoms with Crippen LogP contribution >= 0.6 is 47.3 Å². The molecule has 0 N–H and O–H groups in total. The minimum atomic E-state index is -0.260. The lowest BCUT2D eigenvalue weighted by Crippen LogP contribution is -2.27. The van der Waals surface area contributed by atoms with E-state index in [1.807, 2.05) is 67.6 Å². The van der Waals surface area contributed by atoms with E-state index in [-0.39, 0.29) is 18.0 Å². The zero-order valence-electron chi connectivity index (χ0n) is 18.5. The number of hydrogen-bond acceptors (Lipinski definition) is 6. The number of benzene rings is 2. The molecule has 0 saturated carbocycles. The predicted molar refractivity (Wildman–Crippen MR) is 147 cm³/mol. The van der Waals surface area contributed by atoms with Gasteiger partial charge in [-0.2, -0.15) is 0 Å². The van der Waals surface area contributed by atoms with Crippen molar-refractivity contribution >= 4 is 69.3 Å². The molecular formula is C26H18ClN3O2S3. The molecule has 0 spiro atoms. The molecule has 0 radical (unpaired) electrons. The van der Waals surface area contributed by atoms with Crippen LogP contribution in [0.15, 0.2) is 92.5 Å². The predicted octanol–water partition coefficient (Wildman–Crippen LogP) is 6.21. The van der Waals surface area contributed by atoms with Gasteiger partial charge in [-0.15, -0.1) is 0 Å². The molecule has 1 saturated heterocycles. The standard InChI is InChI=1S/C26H18ClN3O2S3/c1-16-8-7-13-29-22(16)28-23(34-18-10-3-2-4-11-18)19(24(29)31)14-21-25(32)30(26(33)35-21)15-17-9-5-6-12-20(17)27/h2-14H,15H2,1H3/b21-14+. The lowest BCUT2D eigenvalue weighted by atomic mass is 10.2. The summed E-state index contributed by atoms with van der Waals surface area (Å²) in [5.41, 5.74) is 2.38. The Hall–Kier alpha value is -2.91. The first-order valence-corrected chi connectivity index (χ1v) is 13.1. The molecule has 0 unspecified atom stereocenters. The SMILES string of the molecule is Cc1cccn2c(=O)c(/C=C3/SC(=S)N(Cc4ccccc4Cl)C3=O)c(Sc3ccccc3)nc12. The van der Waals surface area contributed by atoms with Gasteiger partial charge in [-0.25, -0.2) is 4.98 Å². The van der Waals surface area contributed by atoms with Crippen molar-refractivity contribution in [3.05, 3.63) is 110 Å². The van der Waals surface area contributed by atoms with Gasteiger partial charge >= 0.3 is 0 Å². The molecule has 1 fully saturated rings. The van der Waals surface area contributed by atoms with Crippen LogP contribution in [-0.2, 0) is 11.3 Å². The molecule has 1 amide bonds. The molecule has 5 rings (SSSR count). The van der Waals surface area contributed by atoms with Crippen molar-refractivity contribution in [3.63, 3.8) is 0 Å². The van der Waals surface area contributed by atoms with Crippen LogP contribution in [0.2, 0.25) is 5.02 Å². The number of rotatable bonds is 5. The fourth-order valence-electron chi connectivity index (χ4n) is 3.66. The highest BCUT2D eigenvalue weighted by Crippen LogP contribution is 2.36. The fourth-order valence-corrected chi connectivity index (χ4v) is 6.00. The van der Waals surface area contributed by atoms with Gasteiger partial charge in [0.2, 0.25) is 0 Å². The minimum Gasteiger partial charge on any atom is -0.288 e. The van der Waals surface area contributed by atoms with E-state index in [9.17, 15) is 9.59 Å². The molecule has 0 aliphatic carbocycles. The van der Waals surface area contributed by atoms with Crippen LogP contribution in [0.3, 0.4) is 0 Å². The van der Waals surface area contributed by atoms with Gasteiger partial charge in [0, 0.05) is 16.1 Å². The number of amides is 1. The summed E-state index contributed by atoms with van der Waals surface area (Å²) in [7, 11) is 0. The van der Waals surface area contributed by atoms with Crippen molar-refractivity contribution in [2.45, 2.75) is 23.4 Å². The summed E-state index contributed by atoms with van der Waals surface area (Å²) >= 11 is 14.4. The Balaban J connectivity index is 1.59. The molecule has 3 heterocycles. The molecule has 9 heteroatoms. The van der Waals surface area contributed by atoms with Gasteiger partial charge in [0.05, 0.1) is 17.0 Å². The summed E-state index contributed by atoms with van der Waals surface area (Å²) in [5, 5.41) is 1.10. The van der Waals surface area contributed by atoms with E-state index in [0.29, 0.717) is 30.5 Å². The zero-order valence-corrected chi connectivity index (χ0v) is 21.7. The molecule has 1 aliphatic rings. The maximum atomic E-state index is 13.6. The third-order valence-electron chi connectivity index (χ3n) is 5.44. The fraction of sp³-hybridized carbons (Fsp3) is 0.0769. The average molecular weight is 536 g/mol. The third kappa shape index (κ3) is 4.79. The average Bonchev–Trinajstić information content (AvgIpc) is 3.11. The van der Waals surface area contributed by atoms with Crippen LogP contribution in [0.1, 0.15) is 16.7 Å². The summed E-state index contributed by atoms with van der Waals surface area (Å²) in [6.45, 7) is 2.18. The zero-order chi connectivity index (χ0) is 24.5. The second kappa shape index (κ2) is 9.99. The molecule has 2 aromatic carbocycles. The first-order valence-electron chi connectivity index (χ1n) is 10.7. The van der Waals surface area contributed by atoms with Crippen LogP contribution in [-0.4, -0.2) is 24.5 Å². The summed E-state index contributed by atoms with van der Waals surface area (Å²) in [4.78, 5) is 34.5. The normalized spacial score (nSPS) is 14.9. The van der Waals surface area contributed by atoms with Gasteiger partial charge in [0.1, 0.15) is 15.0 Å². The monoisotopic (exact) mass is 535 g/mol. The van der Waals surface area contributed by atoms with Crippen molar-refractivity contribution in [2.24, 2.45) is 0 Å². The molecule has 1 aliphatic heterocycles. The van der Waals surface area contributed by atoms with E-state index in [0.717, 1.165) is 16.0 Å². The van der Waals surface area contributed by atoms with Crippen molar-refractivity contribution in [2.75, 3.05) is 0 Å². The van der Waals surface area contributed by atoms with Gasteiger partial charge in [0.25, 0.3) is 11.5 Å². The highest BCUT2D eigenvalue weighted by molar-refractivity contribution is 8.26. The lowest BCUT2D eigenvalue weighted by Gasteiger charge is -2.15. The third-order valence-corrected chi connectivity index (χ3v) is 8.20. The Morgan fingerprint density at radius 3 is 2.57 bits per heavy atom. The van der Waals surface area contributed by atoms with Crippen LogP contribution in [0.25, 0.3) is 11.7 Å². The molecule has 4 aromatic rings. The van der Waals surface area contributed by atoms with Crippen molar-refractivity contribution < 1.29 is 4.79 Å². The Morgan fingerprint density at radius 1 is 1.06 bits per heavy atom. The largest absolute Gasteiger partial charge is 0.288 e. The number of halogens is 1. The highest BCUT2D eigenvalue weighted by Gasteiger charge is 2.33. The van der Waals surface area contributed by atoms with Crippen LogP contribution < -0.4 is 5.56 Å². The number of pyridine rings is 1. The number of hydrogen-bond donors (Lipinski definition) is 0. The first kappa shape index (κ1) is 23.8. The molecular weight excluding hydrogens is 518 g/mol. The van der Waals surface area contributed by atoms with Gasteiger partial charge in [-0.3, -0.25) is 18.9 Å². The van der Waals surface area contributed by atoms with Crippen molar-refractivity contribution in [1.82, 2.24) is 14.3 Å². The minimum absolute atomic E-state index is 0.242. The second-order valence-corrected chi connectivity index (χ2v) is 10.9. The summed E-state index contributed by atoms with van der Waals surface area (Å²) in [6.07, 6.45) is 3.30. The van der Waals surface area contributed by atoms with Crippen LogP contribution in [0, 0.1) is 6.92 Å². The number of thioether (sulfide) groups is 1. The molecule has 35 heavy (non-hydrogen) atoms. The smallest absolute Gasteiger partial charge is 0.266 e. The number of nitrogens with zero attached hydrogens (tertiary/aromatic N) is 3.